The first-order chi connectivity index (χ1) is 14.6. The molecule has 154 valence electrons. The van der Waals surface area contributed by atoms with Gasteiger partial charge in [0, 0.05) is 36.1 Å². The van der Waals surface area contributed by atoms with E-state index in [1.165, 1.54) is 0 Å². The Balaban J connectivity index is 1.28. The molecule has 5 heteroatoms. The van der Waals surface area contributed by atoms with Crippen molar-refractivity contribution in [3.05, 3.63) is 82.9 Å². The summed E-state index contributed by atoms with van der Waals surface area (Å²) in [4.78, 5) is 27.3. The lowest BCUT2D eigenvalue weighted by atomic mass is 10.0. The molecule has 3 aromatic rings. The van der Waals surface area contributed by atoms with E-state index in [-0.39, 0.29) is 17.9 Å². The Hall–Kier alpha value is -2.85. The van der Waals surface area contributed by atoms with E-state index in [9.17, 15) is 9.59 Å². The van der Waals surface area contributed by atoms with Gasteiger partial charge in [0.25, 0.3) is 5.91 Å². The summed E-state index contributed by atoms with van der Waals surface area (Å²) in [5, 5.41) is 5.89. The molecular weight excluding hydrogens is 396 g/mol. The predicted octanol–water partition coefficient (Wildman–Crippen LogP) is 4.85. The van der Waals surface area contributed by atoms with Gasteiger partial charge in [-0.3, -0.25) is 9.59 Å². The molecule has 0 radical (unpaired) electrons. The summed E-state index contributed by atoms with van der Waals surface area (Å²) in [6.45, 7) is 1.36. The molecule has 4 rings (SSSR count). The number of benzene rings is 3. The number of fused-ring (bicyclic) bond motifs is 1. The van der Waals surface area contributed by atoms with E-state index in [2.05, 4.69) is 5.32 Å². The number of aryl methyl sites for hydroxylation is 1. The van der Waals surface area contributed by atoms with Gasteiger partial charge in [0.15, 0.2) is 0 Å². The number of nitrogens with one attached hydrogen (secondary N) is 1. The minimum absolute atomic E-state index is 0.0423. The van der Waals surface area contributed by atoms with Gasteiger partial charge in [0.05, 0.1) is 0 Å². The normalized spacial score (nSPS) is 14.6. The molecule has 0 unspecified atom stereocenters. The molecule has 3 aromatic carbocycles. The fourth-order valence-electron chi connectivity index (χ4n) is 4.02. The highest BCUT2D eigenvalue weighted by Gasteiger charge is 2.24. The van der Waals surface area contributed by atoms with E-state index >= 15 is 0 Å². The van der Waals surface area contributed by atoms with Crippen LogP contribution in [0, 0.1) is 0 Å². The highest BCUT2D eigenvalue weighted by Crippen LogP contribution is 2.20. The number of halogens is 1. The molecule has 0 aromatic heterocycles. The Bertz CT molecular complexity index is 1040. The van der Waals surface area contributed by atoms with Gasteiger partial charge in [0.2, 0.25) is 5.91 Å². The molecule has 4 nitrogen and oxygen atoms in total. The predicted molar refractivity (Wildman–Crippen MR) is 121 cm³/mol. The van der Waals surface area contributed by atoms with Crippen LogP contribution in [0.2, 0.25) is 5.02 Å². The number of carbonyl (C=O) groups is 2. The van der Waals surface area contributed by atoms with Crippen molar-refractivity contribution < 1.29 is 9.59 Å². The topological polar surface area (TPSA) is 49.4 Å². The summed E-state index contributed by atoms with van der Waals surface area (Å²) in [6, 6.07) is 21.4. The van der Waals surface area contributed by atoms with Gasteiger partial charge in [-0.1, -0.05) is 60.1 Å². The second kappa shape index (κ2) is 9.31. The highest BCUT2D eigenvalue weighted by atomic mass is 35.5. The van der Waals surface area contributed by atoms with Crippen molar-refractivity contribution in [2.75, 3.05) is 13.1 Å². The molecular formula is C25H25ClN2O2. The number of likely N-dealkylation sites (tertiary alicyclic amines) is 1. The Kier molecular flexibility index (Phi) is 6.34. The summed E-state index contributed by atoms with van der Waals surface area (Å²) in [5.74, 6) is 0.128. The molecule has 0 spiro atoms. The molecule has 1 aliphatic heterocycles. The first kappa shape index (κ1) is 20.4. The van der Waals surface area contributed by atoms with Crippen LogP contribution in [0.5, 0.6) is 0 Å². The van der Waals surface area contributed by atoms with Crippen molar-refractivity contribution in [3.8, 4) is 0 Å². The highest BCUT2D eigenvalue weighted by molar-refractivity contribution is 6.30. The maximum atomic E-state index is 12.8. The number of amides is 2. The zero-order chi connectivity index (χ0) is 20.9. The maximum Gasteiger partial charge on any atom is 0.252 e. The minimum atomic E-state index is -0.0423. The van der Waals surface area contributed by atoms with Crippen LogP contribution in [0.4, 0.5) is 0 Å². The van der Waals surface area contributed by atoms with E-state index in [1.54, 1.807) is 0 Å². The van der Waals surface area contributed by atoms with Crippen molar-refractivity contribution in [1.82, 2.24) is 10.2 Å². The fourth-order valence-corrected chi connectivity index (χ4v) is 4.15. The van der Waals surface area contributed by atoms with E-state index in [0.717, 1.165) is 29.2 Å². The van der Waals surface area contributed by atoms with Crippen LogP contribution in [0.1, 0.15) is 35.2 Å². The van der Waals surface area contributed by atoms with Crippen LogP contribution < -0.4 is 5.32 Å². The van der Waals surface area contributed by atoms with Crippen LogP contribution >= 0.6 is 11.6 Å². The van der Waals surface area contributed by atoms with Crippen LogP contribution in [0.15, 0.2) is 66.7 Å². The molecule has 0 bridgehead atoms. The van der Waals surface area contributed by atoms with Gasteiger partial charge < -0.3 is 10.2 Å². The lowest BCUT2D eigenvalue weighted by Crippen LogP contribution is -2.46. The average molecular weight is 421 g/mol. The van der Waals surface area contributed by atoms with E-state index in [1.807, 2.05) is 71.6 Å². The number of nitrogens with zero attached hydrogens (tertiary/aromatic N) is 1. The Morgan fingerprint density at radius 3 is 2.40 bits per heavy atom. The third kappa shape index (κ3) is 4.82. The Morgan fingerprint density at radius 2 is 1.63 bits per heavy atom. The van der Waals surface area contributed by atoms with Gasteiger partial charge in [-0.25, -0.2) is 0 Å². The van der Waals surface area contributed by atoms with E-state index < -0.39 is 0 Å². The second-order valence-corrected chi connectivity index (χ2v) is 8.22. The molecule has 1 fully saturated rings. The van der Waals surface area contributed by atoms with Crippen LogP contribution in [0.3, 0.4) is 0 Å². The Morgan fingerprint density at radius 1 is 0.933 bits per heavy atom. The zero-order valence-electron chi connectivity index (χ0n) is 16.8. The molecule has 1 saturated heterocycles. The first-order valence-corrected chi connectivity index (χ1v) is 10.8. The SMILES string of the molecule is O=C(NC1CCN(C(=O)CCc2ccc(Cl)cc2)CC1)c1cccc2ccccc12. The minimum Gasteiger partial charge on any atom is -0.349 e. The standard InChI is InChI=1S/C25H25ClN2O2/c26-20-11-8-18(9-12-20)10-13-24(29)28-16-14-21(15-17-28)27-25(30)23-7-3-5-19-4-1-2-6-22(19)23/h1-9,11-12,21H,10,13-17H2,(H,27,30). The van der Waals surface area contributed by atoms with Crippen molar-refractivity contribution in [3.63, 3.8) is 0 Å². The van der Waals surface area contributed by atoms with Crippen molar-refractivity contribution in [1.29, 1.82) is 0 Å². The fraction of sp³-hybridized carbons (Fsp3) is 0.280. The molecule has 30 heavy (non-hydrogen) atoms. The summed E-state index contributed by atoms with van der Waals surface area (Å²) in [7, 11) is 0. The van der Waals surface area contributed by atoms with Crippen molar-refractivity contribution in [2.45, 2.75) is 31.7 Å². The quantitative estimate of drug-likeness (QED) is 0.641. The second-order valence-electron chi connectivity index (χ2n) is 7.78. The summed E-state index contributed by atoms with van der Waals surface area (Å²) < 4.78 is 0. The van der Waals surface area contributed by atoms with Crippen molar-refractivity contribution in [2.24, 2.45) is 0 Å². The molecule has 0 aliphatic carbocycles. The Labute approximate surface area is 181 Å². The molecule has 1 aliphatic rings. The van der Waals surface area contributed by atoms with Gasteiger partial charge in [-0.15, -0.1) is 0 Å². The van der Waals surface area contributed by atoms with E-state index in [4.69, 9.17) is 11.6 Å². The third-order valence-electron chi connectivity index (χ3n) is 5.76. The summed E-state index contributed by atoms with van der Waals surface area (Å²) >= 11 is 5.91. The summed E-state index contributed by atoms with van der Waals surface area (Å²) in [6.07, 6.45) is 2.77. The number of hydrogen-bond donors (Lipinski definition) is 1. The lowest BCUT2D eigenvalue weighted by molar-refractivity contribution is -0.132. The largest absolute Gasteiger partial charge is 0.349 e. The number of rotatable bonds is 5. The smallest absolute Gasteiger partial charge is 0.252 e. The monoisotopic (exact) mass is 420 g/mol. The van der Waals surface area contributed by atoms with Crippen LogP contribution in [0.25, 0.3) is 10.8 Å². The molecule has 2 amide bonds. The number of carbonyl (C=O) groups excluding carboxylic acids is 2. The third-order valence-corrected chi connectivity index (χ3v) is 6.01. The van der Waals surface area contributed by atoms with Crippen LogP contribution in [-0.4, -0.2) is 35.8 Å². The zero-order valence-corrected chi connectivity index (χ0v) is 17.6. The van der Waals surface area contributed by atoms with E-state index in [0.29, 0.717) is 36.5 Å². The number of hydrogen-bond acceptors (Lipinski definition) is 2. The average Bonchev–Trinajstić information content (AvgIpc) is 2.78. The summed E-state index contributed by atoms with van der Waals surface area (Å²) in [5.41, 5.74) is 1.82. The van der Waals surface area contributed by atoms with Gasteiger partial charge in [-0.2, -0.15) is 0 Å². The lowest BCUT2D eigenvalue weighted by Gasteiger charge is -2.32. The molecule has 0 atom stereocenters. The van der Waals surface area contributed by atoms with Gasteiger partial charge >= 0.3 is 0 Å². The molecule has 1 N–H and O–H groups in total. The maximum absolute atomic E-state index is 12.8. The molecule has 1 heterocycles. The van der Waals surface area contributed by atoms with Gasteiger partial charge in [-0.05, 0) is 53.8 Å². The van der Waals surface area contributed by atoms with Crippen LogP contribution in [-0.2, 0) is 11.2 Å². The first-order valence-electron chi connectivity index (χ1n) is 10.4. The van der Waals surface area contributed by atoms with Gasteiger partial charge in [0.1, 0.15) is 0 Å². The number of piperidine rings is 1. The van der Waals surface area contributed by atoms with Crippen molar-refractivity contribution >= 4 is 34.2 Å². The molecule has 0 saturated carbocycles.